The highest BCUT2D eigenvalue weighted by Gasteiger charge is 2.23. The van der Waals surface area contributed by atoms with Crippen LogP contribution in [0.15, 0.2) is 59.5 Å². The number of sulfonamides is 1. The van der Waals surface area contributed by atoms with Crippen molar-refractivity contribution < 1.29 is 13.2 Å². The molecule has 138 valence electrons. The highest BCUT2D eigenvalue weighted by molar-refractivity contribution is 7.89. The van der Waals surface area contributed by atoms with Gasteiger partial charge in [-0.05, 0) is 49.4 Å². The van der Waals surface area contributed by atoms with Crippen molar-refractivity contribution in [2.45, 2.75) is 49.6 Å². The van der Waals surface area contributed by atoms with Gasteiger partial charge in [-0.2, -0.15) is 0 Å². The van der Waals surface area contributed by atoms with Gasteiger partial charge in [0, 0.05) is 18.5 Å². The maximum Gasteiger partial charge on any atom is 0.241 e. The minimum absolute atomic E-state index is 0.0579. The minimum atomic E-state index is -3.59. The summed E-state index contributed by atoms with van der Waals surface area (Å²) in [5.74, 6) is 0.0579. The number of carbonyl (C=O) groups excluding carboxylic acids is 1. The lowest BCUT2D eigenvalue weighted by Gasteiger charge is -2.15. The zero-order chi connectivity index (χ0) is 18.6. The fraction of sp³-hybridized carbons (Fsp3) is 0.350. The average Bonchev–Trinajstić information content (AvgIpc) is 3.44. The van der Waals surface area contributed by atoms with Crippen LogP contribution >= 0.6 is 0 Å². The van der Waals surface area contributed by atoms with Crippen LogP contribution in [0.3, 0.4) is 0 Å². The van der Waals surface area contributed by atoms with E-state index >= 15 is 0 Å². The van der Waals surface area contributed by atoms with Crippen molar-refractivity contribution in [2.24, 2.45) is 0 Å². The second-order valence-electron chi connectivity index (χ2n) is 6.74. The van der Waals surface area contributed by atoms with E-state index in [-0.39, 0.29) is 16.8 Å². The van der Waals surface area contributed by atoms with Crippen molar-refractivity contribution in [1.82, 2.24) is 10.0 Å². The van der Waals surface area contributed by atoms with Crippen LogP contribution in [0.2, 0.25) is 0 Å². The van der Waals surface area contributed by atoms with Gasteiger partial charge in [0.15, 0.2) is 0 Å². The van der Waals surface area contributed by atoms with Gasteiger partial charge in [0.25, 0.3) is 0 Å². The van der Waals surface area contributed by atoms with Gasteiger partial charge in [-0.15, -0.1) is 0 Å². The molecule has 1 saturated carbocycles. The van der Waals surface area contributed by atoms with Crippen LogP contribution in [-0.2, 0) is 21.2 Å². The number of hydrogen-bond acceptors (Lipinski definition) is 3. The van der Waals surface area contributed by atoms with Crippen molar-refractivity contribution in [1.29, 1.82) is 0 Å². The molecule has 6 heteroatoms. The summed E-state index contributed by atoms with van der Waals surface area (Å²) in [5.41, 5.74) is 1.86. The Balaban J connectivity index is 1.58. The minimum Gasteiger partial charge on any atom is -0.353 e. The van der Waals surface area contributed by atoms with Gasteiger partial charge in [0.2, 0.25) is 15.9 Å². The molecular formula is C20H24N2O3S. The third kappa shape index (κ3) is 5.16. The fourth-order valence-electron chi connectivity index (χ4n) is 2.73. The molecule has 0 bridgehead atoms. The second-order valence-corrected chi connectivity index (χ2v) is 8.45. The van der Waals surface area contributed by atoms with Crippen LogP contribution in [-0.4, -0.2) is 20.4 Å². The number of benzene rings is 2. The van der Waals surface area contributed by atoms with Gasteiger partial charge in [-0.1, -0.05) is 42.5 Å². The lowest BCUT2D eigenvalue weighted by atomic mass is 10.1. The van der Waals surface area contributed by atoms with E-state index in [2.05, 4.69) is 10.0 Å². The van der Waals surface area contributed by atoms with E-state index in [1.54, 1.807) is 24.3 Å². The predicted octanol–water partition coefficient (Wildman–Crippen LogP) is 2.94. The summed E-state index contributed by atoms with van der Waals surface area (Å²) in [7, 11) is -3.59. The maximum atomic E-state index is 12.5. The summed E-state index contributed by atoms with van der Waals surface area (Å²) in [6.07, 6.45) is 3.18. The molecule has 1 fully saturated rings. The average molecular weight is 372 g/mol. The Labute approximate surface area is 154 Å². The fourth-order valence-corrected chi connectivity index (χ4v) is 3.96. The van der Waals surface area contributed by atoms with E-state index in [0.29, 0.717) is 18.9 Å². The monoisotopic (exact) mass is 372 g/mol. The van der Waals surface area contributed by atoms with Crippen LogP contribution in [0.25, 0.3) is 0 Å². The molecule has 1 amide bonds. The molecule has 0 aromatic heterocycles. The molecule has 0 heterocycles. The normalized spacial score (nSPS) is 15.4. The number of nitrogens with one attached hydrogen (secondary N) is 2. The van der Waals surface area contributed by atoms with Crippen LogP contribution in [0.5, 0.6) is 0 Å². The number of carbonyl (C=O) groups is 1. The molecule has 0 aliphatic heterocycles. The van der Waals surface area contributed by atoms with Gasteiger partial charge >= 0.3 is 0 Å². The van der Waals surface area contributed by atoms with Crippen LogP contribution in [0.4, 0.5) is 0 Å². The Bertz CT molecular complexity index is 844. The molecule has 1 aliphatic carbocycles. The highest BCUT2D eigenvalue weighted by atomic mass is 32.2. The number of amides is 1. The van der Waals surface area contributed by atoms with Gasteiger partial charge in [0.1, 0.15) is 0 Å². The Hall–Kier alpha value is -2.18. The summed E-state index contributed by atoms with van der Waals surface area (Å²) >= 11 is 0. The standard InChI is InChI=1S/C20H24N2O3S/c1-15(17-5-3-2-4-6-17)22-26(24,25)19-12-7-16(8-13-19)9-14-20(23)21-18-10-11-18/h2-8,12-13,15,18,22H,9-11,14H2,1H3,(H,21,23)/t15-/m0/s1. The number of rotatable bonds is 8. The molecule has 0 saturated heterocycles. The SMILES string of the molecule is C[C@H](NS(=O)(=O)c1ccc(CCC(=O)NC2CC2)cc1)c1ccccc1. The van der Waals surface area contributed by atoms with Crippen molar-refractivity contribution in [2.75, 3.05) is 0 Å². The molecule has 1 atom stereocenters. The summed E-state index contributed by atoms with van der Waals surface area (Å²) in [5, 5.41) is 2.95. The molecule has 2 aromatic carbocycles. The lowest BCUT2D eigenvalue weighted by Crippen LogP contribution is -2.27. The van der Waals surface area contributed by atoms with E-state index in [9.17, 15) is 13.2 Å². The second kappa shape index (κ2) is 8.01. The Morgan fingerprint density at radius 3 is 2.35 bits per heavy atom. The van der Waals surface area contributed by atoms with Crippen molar-refractivity contribution in [3.63, 3.8) is 0 Å². The molecule has 26 heavy (non-hydrogen) atoms. The zero-order valence-electron chi connectivity index (χ0n) is 14.8. The van der Waals surface area contributed by atoms with E-state index in [1.165, 1.54) is 0 Å². The third-order valence-electron chi connectivity index (χ3n) is 4.45. The summed E-state index contributed by atoms with van der Waals surface area (Å²) < 4.78 is 27.8. The molecular weight excluding hydrogens is 348 g/mol. The molecule has 0 unspecified atom stereocenters. The van der Waals surface area contributed by atoms with Crippen LogP contribution in [0, 0.1) is 0 Å². The first-order chi connectivity index (χ1) is 12.4. The van der Waals surface area contributed by atoms with Crippen LogP contribution in [0.1, 0.15) is 43.4 Å². The quantitative estimate of drug-likeness (QED) is 0.748. The molecule has 2 N–H and O–H groups in total. The number of hydrogen-bond donors (Lipinski definition) is 2. The van der Waals surface area contributed by atoms with E-state index in [4.69, 9.17) is 0 Å². The molecule has 3 rings (SSSR count). The topological polar surface area (TPSA) is 75.3 Å². The lowest BCUT2D eigenvalue weighted by molar-refractivity contribution is -0.121. The van der Waals surface area contributed by atoms with E-state index in [0.717, 1.165) is 24.0 Å². The Morgan fingerprint density at radius 1 is 1.08 bits per heavy atom. The first-order valence-corrected chi connectivity index (χ1v) is 10.4. The first kappa shape index (κ1) is 18.6. The summed E-state index contributed by atoms with van der Waals surface area (Å²) in [6, 6.07) is 16.2. The molecule has 2 aromatic rings. The highest BCUT2D eigenvalue weighted by Crippen LogP contribution is 2.19. The molecule has 0 radical (unpaired) electrons. The molecule has 5 nitrogen and oxygen atoms in total. The van der Waals surface area contributed by atoms with Gasteiger partial charge in [0.05, 0.1) is 4.90 Å². The maximum absolute atomic E-state index is 12.5. The largest absolute Gasteiger partial charge is 0.353 e. The third-order valence-corrected chi connectivity index (χ3v) is 6.00. The van der Waals surface area contributed by atoms with Gasteiger partial charge in [-0.3, -0.25) is 4.79 Å². The van der Waals surface area contributed by atoms with Crippen LogP contribution < -0.4 is 10.0 Å². The Kier molecular flexibility index (Phi) is 5.74. The van der Waals surface area contributed by atoms with Crippen molar-refractivity contribution in [3.8, 4) is 0 Å². The van der Waals surface area contributed by atoms with Crippen molar-refractivity contribution in [3.05, 3.63) is 65.7 Å². The molecule has 0 spiro atoms. The smallest absolute Gasteiger partial charge is 0.241 e. The van der Waals surface area contributed by atoms with E-state index in [1.807, 2.05) is 37.3 Å². The molecule has 1 aliphatic rings. The van der Waals surface area contributed by atoms with Gasteiger partial charge in [-0.25, -0.2) is 13.1 Å². The number of aryl methyl sites for hydroxylation is 1. The van der Waals surface area contributed by atoms with Gasteiger partial charge < -0.3 is 5.32 Å². The zero-order valence-corrected chi connectivity index (χ0v) is 15.6. The Morgan fingerprint density at radius 2 is 1.73 bits per heavy atom. The first-order valence-electron chi connectivity index (χ1n) is 8.89. The predicted molar refractivity (Wildman–Crippen MR) is 101 cm³/mol. The summed E-state index contributed by atoms with van der Waals surface area (Å²) in [6.45, 7) is 1.82. The van der Waals surface area contributed by atoms with Crippen molar-refractivity contribution >= 4 is 15.9 Å². The summed E-state index contributed by atoms with van der Waals surface area (Å²) in [4.78, 5) is 12.0. The van der Waals surface area contributed by atoms with E-state index < -0.39 is 10.0 Å².